The number of aromatic nitrogens is 6. The molecule has 0 aliphatic carbocycles. The van der Waals surface area contributed by atoms with E-state index < -0.39 is 72.0 Å². The molecule has 0 unspecified atom stereocenters. The summed E-state index contributed by atoms with van der Waals surface area (Å²) in [5.74, 6) is -2.56. The number of fused-ring (bicyclic) bond motifs is 4. The Bertz CT molecular complexity index is 3010. The fourth-order valence-electron chi connectivity index (χ4n) is 6.30. The standard InChI is InChI=1S/C11H8BrF3N2O2.C11H9F3N2O2.C10H7F3N2O2.C9H5BrF3N/c1-19-9(18)5-17-8-3-2-6(12)4-7(8)10(16-17)11(13,14)15;1-18-9(17)6-16-8-5-3-2-4-7(8)10(15-16)11(12,13)14;11-10(12,13)9-6-3-1-2-4-7(6)15(14-9)5-8(16)17;10-6-2-1-5-4-14-8(7(5)3-6)9(11,12)13/h2-4H,5H2,1H3;2-5H,6H2,1H3;1-4H,5H2,(H,16,17);1-3H,4H2. The predicted molar refractivity (Wildman–Crippen MR) is 224 cm³/mol. The van der Waals surface area contributed by atoms with Crippen molar-refractivity contribution in [1.82, 2.24) is 29.3 Å². The van der Waals surface area contributed by atoms with E-state index in [1.165, 1.54) is 67.8 Å². The summed E-state index contributed by atoms with van der Waals surface area (Å²) in [6, 6.07) is 20.7. The molecule has 8 rings (SSSR count). The molecule has 0 bridgehead atoms. The van der Waals surface area contributed by atoms with Crippen molar-refractivity contribution in [2.75, 3.05) is 14.2 Å². The number of ether oxygens (including phenoxy) is 2. The van der Waals surface area contributed by atoms with Gasteiger partial charge in [0.05, 0.1) is 37.3 Å². The van der Waals surface area contributed by atoms with Gasteiger partial charge in [-0.15, -0.1) is 0 Å². The van der Waals surface area contributed by atoms with E-state index in [9.17, 15) is 67.1 Å². The molecule has 1 aliphatic rings. The van der Waals surface area contributed by atoms with E-state index in [1.807, 2.05) is 0 Å². The molecule has 68 heavy (non-hydrogen) atoms. The smallest absolute Gasteiger partial charge is 0.435 e. The van der Waals surface area contributed by atoms with Crippen LogP contribution in [0.1, 0.15) is 28.2 Å². The molecule has 1 aliphatic heterocycles. The number of rotatable bonds is 6. The van der Waals surface area contributed by atoms with Gasteiger partial charge in [0.1, 0.15) is 25.3 Å². The summed E-state index contributed by atoms with van der Waals surface area (Å²) in [6.45, 7) is -1.20. The summed E-state index contributed by atoms with van der Waals surface area (Å²) < 4.78 is 165. The van der Waals surface area contributed by atoms with Crippen LogP contribution >= 0.6 is 31.9 Å². The Morgan fingerprint density at radius 3 is 1.38 bits per heavy atom. The average molecular weight is 1100 g/mol. The third-order valence-electron chi connectivity index (χ3n) is 9.14. The Labute approximate surface area is 390 Å². The fraction of sp³-hybridized carbons (Fsp3) is 0.244. The van der Waals surface area contributed by atoms with Crippen LogP contribution in [0.25, 0.3) is 32.7 Å². The number of nitrogens with zero attached hydrogens (tertiary/aromatic N) is 7. The molecule has 0 fully saturated rings. The van der Waals surface area contributed by atoms with Gasteiger partial charge in [0.25, 0.3) is 0 Å². The average Bonchev–Trinajstić information content (AvgIpc) is 4.03. The number of aliphatic carboxylic acids is 1. The highest BCUT2D eigenvalue weighted by Crippen LogP contribution is 2.37. The quantitative estimate of drug-likeness (QED) is 0.127. The monoisotopic (exact) mass is 1100 g/mol. The molecule has 3 aromatic heterocycles. The molecule has 362 valence electrons. The van der Waals surface area contributed by atoms with Crippen molar-refractivity contribution in [2.24, 2.45) is 4.99 Å². The van der Waals surface area contributed by atoms with Gasteiger partial charge in [0.2, 0.25) is 0 Å². The van der Waals surface area contributed by atoms with Gasteiger partial charge in [-0.3, -0.25) is 33.4 Å². The molecule has 0 atom stereocenters. The lowest BCUT2D eigenvalue weighted by atomic mass is 10.1. The number of carbonyl (C=O) groups is 3. The third-order valence-corrected chi connectivity index (χ3v) is 10.1. The van der Waals surface area contributed by atoms with Crippen LogP contribution in [0.4, 0.5) is 52.7 Å². The first kappa shape index (κ1) is 52.5. The maximum atomic E-state index is 12.9. The van der Waals surface area contributed by atoms with Gasteiger partial charge in [0.15, 0.2) is 17.1 Å². The lowest BCUT2D eigenvalue weighted by Gasteiger charge is -2.07. The molecule has 1 N–H and O–H groups in total. The Hall–Kier alpha value is -6.51. The predicted octanol–water partition coefficient (Wildman–Crippen LogP) is 10.7. The van der Waals surface area contributed by atoms with Gasteiger partial charge in [-0.25, -0.2) is 0 Å². The first-order valence-electron chi connectivity index (χ1n) is 18.7. The number of aliphatic imine (C=N–C) groups is 1. The molecule has 7 aromatic rings. The maximum absolute atomic E-state index is 12.9. The highest BCUT2D eigenvalue weighted by atomic mass is 79.9. The number of methoxy groups -OCH3 is 2. The molecule has 0 saturated heterocycles. The largest absolute Gasteiger partial charge is 0.480 e. The van der Waals surface area contributed by atoms with Crippen LogP contribution in [-0.4, -0.2) is 78.5 Å². The first-order valence-corrected chi connectivity index (χ1v) is 20.3. The van der Waals surface area contributed by atoms with Gasteiger partial charge >= 0.3 is 42.6 Å². The summed E-state index contributed by atoms with van der Waals surface area (Å²) in [5.41, 5.74) is -2.41. The number of hydrogen-bond acceptors (Lipinski definition) is 9. The molecule has 27 heteroatoms. The van der Waals surface area contributed by atoms with Crippen LogP contribution in [0.3, 0.4) is 0 Å². The first-order chi connectivity index (χ1) is 31.6. The van der Waals surface area contributed by atoms with Gasteiger partial charge < -0.3 is 14.6 Å². The number of para-hydroxylation sites is 2. The van der Waals surface area contributed by atoms with Gasteiger partial charge in [-0.05, 0) is 48.0 Å². The van der Waals surface area contributed by atoms with Crippen molar-refractivity contribution in [3.8, 4) is 0 Å². The highest BCUT2D eigenvalue weighted by molar-refractivity contribution is 9.10. The van der Waals surface area contributed by atoms with Crippen molar-refractivity contribution in [1.29, 1.82) is 0 Å². The number of carboxylic acid groups (broad SMARTS) is 1. The molecule has 0 saturated carbocycles. The Kier molecular flexibility index (Phi) is 16.0. The zero-order valence-electron chi connectivity index (χ0n) is 34.3. The van der Waals surface area contributed by atoms with Crippen LogP contribution < -0.4 is 0 Å². The molecule has 0 radical (unpaired) electrons. The zero-order chi connectivity index (χ0) is 50.5. The van der Waals surface area contributed by atoms with E-state index in [0.29, 0.717) is 14.5 Å². The Morgan fingerprint density at radius 1 is 0.559 bits per heavy atom. The van der Waals surface area contributed by atoms with Crippen LogP contribution in [0.2, 0.25) is 0 Å². The van der Waals surface area contributed by atoms with E-state index >= 15 is 0 Å². The van der Waals surface area contributed by atoms with Crippen LogP contribution in [0, 0.1) is 0 Å². The summed E-state index contributed by atoms with van der Waals surface area (Å²) in [6.07, 6.45) is -18.1. The van der Waals surface area contributed by atoms with Crippen LogP contribution in [-0.2, 0) is 68.6 Å². The normalized spacial score (nSPS) is 12.6. The number of alkyl halides is 12. The van der Waals surface area contributed by atoms with Gasteiger partial charge in [-0.1, -0.05) is 74.3 Å². The van der Waals surface area contributed by atoms with Crippen LogP contribution in [0.5, 0.6) is 0 Å². The molecule has 4 aromatic carbocycles. The number of halogens is 14. The lowest BCUT2D eigenvalue weighted by Crippen LogP contribution is -2.22. The molecular weight excluding hydrogens is 1070 g/mol. The van der Waals surface area contributed by atoms with Crippen molar-refractivity contribution >= 4 is 88.2 Å². The number of esters is 2. The van der Waals surface area contributed by atoms with Gasteiger partial charge in [0, 0.05) is 30.7 Å². The second-order valence-corrected chi connectivity index (χ2v) is 15.5. The highest BCUT2D eigenvalue weighted by Gasteiger charge is 2.41. The van der Waals surface area contributed by atoms with E-state index in [4.69, 9.17) is 5.11 Å². The Balaban J connectivity index is 0.000000170. The van der Waals surface area contributed by atoms with E-state index in [2.05, 4.69) is 61.6 Å². The van der Waals surface area contributed by atoms with Crippen molar-refractivity contribution in [3.63, 3.8) is 0 Å². The van der Waals surface area contributed by atoms with E-state index in [1.54, 1.807) is 24.3 Å². The molecule has 0 amide bonds. The number of carboxylic acids is 1. The minimum Gasteiger partial charge on any atom is -0.480 e. The summed E-state index contributed by atoms with van der Waals surface area (Å²) >= 11 is 6.25. The second kappa shape index (κ2) is 20.8. The number of benzene rings is 4. The van der Waals surface area contributed by atoms with Crippen molar-refractivity contribution < 1.29 is 81.6 Å². The lowest BCUT2D eigenvalue weighted by molar-refractivity contribution is -0.143. The van der Waals surface area contributed by atoms with Crippen molar-refractivity contribution in [3.05, 3.63) is 122 Å². The molecule has 4 heterocycles. The summed E-state index contributed by atoms with van der Waals surface area (Å²) in [5, 5.41) is 18.6. The second-order valence-electron chi connectivity index (χ2n) is 13.7. The SMILES string of the molecule is COC(=O)Cn1nc(C(F)(F)F)c2cc(Br)ccc21.COC(=O)Cn1nc(C(F)(F)F)c2ccccc21.FC(F)(F)C1=NCc2ccc(Br)cc21.O=C(O)Cn1nc(C(F)(F)F)c2ccccc21. The number of hydrogen-bond donors (Lipinski definition) is 1. The van der Waals surface area contributed by atoms with Crippen LogP contribution in [0.15, 0.2) is 98.9 Å². The van der Waals surface area contributed by atoms with E-state index in [-0.39, 0.29) is 57.9 Å². The number of carbonyl (C=O) groups excluding carboxylic acids is 2. The van der Waals surface area contributed by atoms with E-state index in [0.717, 1.165) is 21.2 Å². The topological polar surface area (TPSA) is 156 Å². The summed E-state index contributed by atoms with van der Waals surface area (Å²) in [7, 11) is 2.33. The Morgan fingerprint density at radius 2 is 0.956 bits per heavy atom. The minimum atomic E-state index is -4.59. The van der Waals surface area contributed by atoms with Gasteiger partial charge in [-0.2, -0.15) is 68.0 Å². The molecule has 13 nitrogen and oxygen atoms in total. The summed E-state index contributed by atoms with van der Waals surface area (Å²) in [4.78, 5) is 36.3. The molecule has 0 spiro atoms. The third kappa shape index (κ3) is 12.7. The maximum Gasteiger partial charge on any atom is 0.435 e. The minimum absolute atomic E-state index is 0.0334. The molecular formula is C41H29Br2F12N7O6. The zero-order valence-corrected chi connectivity index (χ0v) is 37.5. The fourth-order valence-corrected chi connectivity index (χ4v) is 7.02. The van der Waals surface area contributed by atoms with Crippen molar-refractivity contribution in [2.45, 2.75) is 50.9 Å².